The largest absolute Gasteiger partial charge is 0.478 e. The summed E-state index contributed by atoms with van der Waals surface area (Å²) in [4.78, 5) is 24.9. The van der Waals surface area contributed by atoms with Gasteiger partial charge in [-0.1, -0.05) is 18.2 Å². The molecule has 2 N–H and O–H groups in total. The number of hydrogen-bond acceptors (Lipinski definition) is 3. The molecule has 5 nitrogen and oxygen atoms in total. The molecular weight excluding hydrogens is 246 g/mol. The van der Waals surface area contributed by atoms with Gasteiger partial charge in [0.25, 0.3) is 0 Å². The molecule has 5 heteroatoms. The van der Waals surface area contributed by atoms with E-state index in [1.165, 1.54) is 24.3 Å². The lowest BCUT2D eigenvalue weighted by Gasteiger charge is -1.98. The molecule has 98 valence electrons. The molecule has 0 amide bonds. The molecule has 0 radical (unpaired) electrons. The number of benzene rings is 1. The number of aromatic carboxylic acids is 2. The minimum atomic E-state index is -1.23. The first-order chi connectivity index (χ1) is 9.02. The van der Waals surface area contributed by atoms with Gasteiger partial charge in [0.15, 0.2) is 0 Å². The van der Waals surface area contributed by atoms with E-state index in [0.29, 0.717) is 0 Å². The zero-order valence-electron chi connectivity index (χ0n) is 10.3. The van der Waals surface area contributed by atoms with Crippen molar-refractivity contribution in [1.29, 1.82) is 0 Å². The first kappa shape index (κ1) is 14.4. The first-order valence-corrected chi connectivity index (χ1v) is 5.45. The van der Waals surface area contributed by atoms with Gasteiger partial charge in [-0.25, -0.2) is 9.59 Å². The van der Waals surface area contributed by atoms with E-state index in [9.17, 15) is 9.59 Å². The van der Waals surface area contributed by atoms with Crippen molar-refractivity contribution < 1.29 is 19.8 Å². The second-order valence-corrected chi connectivity index (χ2v) is 3.63. The molecule has 0 atom stereocenters. The Morgan fingerprint density at radius 3 is 1.63 bits per heavy atom. The van der Waals surface area contributed by atoms with Crippen LogP contribution in [-0.2, 0) is 0 Å². The molecule has 0 bridgehead atoms. The zero-order chi connectivity index (χ0) is 14.3. The molecular formula is C14H13NO4. The molecule has 0 aliphatic heterocycles. The maximum absolute atomic E-state index is 10.5. The third-order valence-electron chi connectivity index (χ3n) is 2.20. The Bertz CT molecular complexity index is 534. The molecule has 0 fully saturated rings. The highest BCUT2D eigenvalue weighted by atomic mass is 16.4. The predicted octanol–water partition coefficient (Wildman–Crippen LogP) is 2.47. The molecule has 0 aliphatic rings. The predicted molar refractivity (Wildman–Crippen MR) is 69.3 cm³/mol. The average Bonchev–Trinajstić information content (AvgIpc) is 2.40. The van der Waals surface area contributed by atoms with Gasteiger partial charge in [0.1, 0.15) is 0 Å². The maximum Gasteiger partial charge on any atom is 0.336 e. The summed E-state index contributed by atoms with van der Waals surface area (Å²) in [5.74, 6) is -2.46. The van der Waals surface area contributed by atoms with Crippen LogP contribution < -0.4 is 0 Å². The van der Waals surface area contributed by atoms with Crippen LogP contribution in [0.2, 0.25) is 0 Å². The van der Waals surface area contributed by atoms with E-state index >= 15 is 0 Å². The second-order valence-electron chi connectivity index (χ2n) is 3.63. The number of carboxylic acids is 2. The fraction of sp³-hybridized carbons (Fsp3) is 0.0714. The van der Waals surface area contributed by atoms with Gasteiger partial charge >= 0.3 is 11.9 Å². The number of pyridine rings is 1. The number of carbonyl (C=O) groups is 2. The fourth-order valence-corrected chi connectivity index (χ4v) is 1.30. The molecule has 0 unspecified atom stereocenters. The number of carboxylic acid groups (broad SMARTS) is 2. The Morgan fingerprint density at radius 1 is 0.895 bits per heavy atom. The summed E-state index contributed by atoms with van der Waals surface area (Å²) in [6.45, 7) is 1.97. The number of nitrogens with zero attached hydrogens (tertiary/aromatic N) is 1. The van der Waals surface area contributed by atoms with Crippen LogP contribution >= 0.6 is 0 Å². The SMILES string of the molecule is Cc1ccccn1.O=C(O)c1ccccc1C(=O)O. The highest BCUT2D eigenvalue weighted by Crippen LogP contribution is 2.07. The monoisotopic (exact) mass is 259 g/mol. The quantitative estimate of drug-likeness (QED) is 0.865. The standard InChI is InChI=1S/C8H6O4.C6H7N/c9-7(10)5-3-1-2-4-6(5)8(11)12;1-6-4-2-3-5-7-6/h1-4H,(H,9,10)(H,11,12);2-5H,1H3. The fourth-order valence-electron chi connectivity index (χ4n) is 1.30. The summed E-state index contributed by atoms with van der Waals surface area (Å²) < 4.78 is 0. The summed E-state index contributed by atoms with van der Waals surface area (Å²) in [5.41, 5.74) is 0.692. The van der Waals surface area contributed by atoms with Crippen LogP contribution in [0.5, 0.6) is 0 Å². The summed E-state index contributed by atoms with van der Waals surface area (Å²) in [7, 11) is 0. The van der Waals surface area contributed by atoms with Crippen molar-refractivity contribution in [3.63, 3.8) is 0 Å². The van der Waals surface area contributed by atoms with Crippen LogP contribution in [0.15, 0.2) is 48.7 Å². The minimum Gasteiger partial charge on any atom is -0.478 e. The van der Waals surface area contributed by atoms with E-state index in [0.717, 1.165) is 5.69 Å². The van der Waals surface area contributed by atoms with Crippen LogP contribution in [0.4, 0.5) is 0 Å². The van der Waals surface area contributed by atoms with Crippen molar-refractivity contribution in [1.82, 2.24) is 4.98 Å². The van der Waals surface area contributed by atoms with Gasteiger partial charge in [-0.15, -0.1) is 0 Å². The molecule has 0 saturated heterocycles. The molecule has 0 spiro atoms. The summed E-state index contributed by atoms with van der Waals surface area (Å²) in [5, 5.41) is 17.1. The molecule has 1 heterocycles. The number of rotatable bonds is 2. The highest BCUT2D eigenvalue weighted by Gasteiger charge is 2.13. The van der Waals surface area contributed by atoms with Crippen LogP contribution in [0.1, 0.15) is 26.4 Å². The van der Waals surface area contributed by atoms with Crippen molar-refractivity contribution in [2.75, 3.05) is 0 Å². The molecule has 1 aromatic carbocycles. The van der Waals surface area contributed by atoms with E-state index in [1.54, 1.807) is 6.20 Å². The van der Waals surface area contributed by atoms with E-state index in [-0.39, 0.29) is 11.1 Å². The van der Waals surface area contributed by atoms with Gasteiger partial charge in [0, 0.05) is 11.9 Å². The zero-order valence-corrected chi connectivity index (χ0v) is 10.3. The van der Waals surface area contributed by atoms with Crippen LogP contribution in [-0.4, -0.2) is 27.1 Å². The molecule has 2 rings (SSSR count). The molecule has 2 aromatic rings. The lowest BCUT2D eigenvalue weighted by atomic mass is 10.1. The maximum atomic E-state index is 10.5. The van der Waals surface area contributed by atoms with E-state index < -0.39 is 11.9 Å². The molecule has 1 aromatic heterocycles. The van der Waals surface area contributed by atoms with Crippen molar-refractivity contribution >= 4 is 11.9 Å². The summed E-state index contributed by atoms with van der Waals surface area (Å²) in [6.07, 6.45) is 1.79. The number of aromatic nitrogens is 1. The molecule has 0 aliphatic carbocycles. The smallest absolute Gasteiger partial charge is 0.336 e. The van der Waals surface area contributed by atoms with Gasteiger partial charge in [0.05, 0.1) is 11.1 Å². The van der Waals surface area contributed by atoms with Crippen LogP contribution in [0.25, 0.3) is 0 Å². The lowest BCUT2D eigenvalue weighted by molar-refractivity contribution is 0.0651. The Labute approximate surface area is 110 Å². The van der Waals surface area contributed by atoms with Gasteiger partial charge in [0.2, 0.25) is 0 Å². The second kappa shape index (κ2) is 6.90. The van der Waals surface area contributed by atoms with Gasteiger partial charge in [-0.3, -0.25) is 4.98 Å². The third-order valence-corrected chi connectivity index (χ3v) is 2.20. The topological polar surface area (TPSA) is 87.5 Å². The van der Waals surface area contributed by atoms with Crippen molar-refractivity contribution in [3.8, 4) is 0 Å². The Morgan fingerprint density at radius 2 is 1.37 bits per heavy atom. The Balaban J connectivity index is 0.000000218. The van der Waals surface area contributed by atoms with Gasteiger partial charge in [-0.2, -0.15) is 0 Å². The summed E-state index contributed by atoms with van der Waals surface area (Å²) >= 11 is 0. The number of aryl methyl sites for hydroxylation is 1. The Hall–Kier alpha value is -2.69. The number of hydrogen-bond donors (Lipinski definition) is 2. The van der Waals surface area contributed by atoms with Gasteiger partial charge < -0.3 is 10.2 Å². The van der Waals surface area contributed by atoms with Crippen molar-refractivity contribution in [2.45, 2.75) is 6.92 Å². The third kappa shape index (κ3) is 4.59. The van der Waals surface area contributed by atoms with Gasteiger partial charge in [-0.05, 0) is 31.2 Å². The lowest BCUT2D eigenvalue weighted by Crippen LogP contribution is -2.06. The average molecular weight is 259 g/mol. The van der Waals surface area contributed by atoms with E-state index in [1.807, 2.05) is 25.1 Å². The van der Waals surface area contributed by atoms with E-state index in [4.69, 9.17) is 10.2 Å². The first-order valence-electron chi connectivity index (χ1n) is 5.45. The van der Waals surface area contributed by atoms with Crippen LogP contribution in [0, 0.1) is 6.92 Å². The molecule has 19 heavy (non-hydrogen) atoms. The Kier molecular flexibility index (Phi) is 5.22. The van der Waals surface area contributed by atoms with Crippen molar-refractivity contribution in [2.24, 2.45) is 0 Å². The molecule has 0 saturated carbocycles. The van der Waals surface area contributed by atoms with Crippen LogP contribution in [0.3, 0.4) is 0 Å². The minimum absolute atomic E-state index is 0.190. The van der Waals surface area contributed by atoms with Crippen molar-refractivity contribution in [3.05, 3.63) is 65.5 Å². The van der Waals surface area contributed by atoms with E-state index in [2.05, 4.69) is 4.98 Å². The summed E-state index contributed by atoms with van der Waals surface area (Å²) in [6, 6.07) is 11.3. The highest BCUT2D eigenvalue weighted by molar-refractivity contribution is 6.01. The normalized spacial score (nSPS) is 9.11.